The van der Waals surface area contributed by atoms with Crippen LogP contribution in [0, 0.1) is 22.3 Å². The minimum absolute atomic E-state index is 0. The summed E-state index contributed by atoms with van der Waals surface area (Å²) in [5.74, 6) is 0.310. The van der Waals surface area contributed by atoms with Crippen LogP contribution in [0.4, 0.5) is 0 Å². The summed E-state index contributed by atoms with van der Waals surface area (Å²) >= 11 is 1.72. The third kappa shape index (κ3) is 13.1. The summed E-state index contributed by atoms with van der Waals surface area (Å²) in [6.07, 6.45) is 4.43. The molecule has 0 unspecified atom stereocenters. The van der Waals surface area contributed by atoms with E-state index in [1.165, 1.54) is 22.6 Å². The molecular weight excluding hydrogens is 917 g/mol. The van der Waals surface area contributed by atoms with Crippen molar-refractivity contribution in [3.8, 4) is 21.8 Å². The number of ketones is 1. The molecule has 305 valence electrons. The number of carbonyl (C=O) groups is 1. The summed E-state index contributed by atoms with van der Waals surface area (Å²) < 4.78 is 1.11. The molecule has 0 amide bonds. The fourth-order valence-electron chi connectivity index (χ4n) is 7.87. The van der Waals surface area contributed by atoms with Crippen LogP contribution in [-0.2, 0) is 36.7 Å². The van der Waals surface area contributed by atoms with Crippen LogP contribution >= 0.6 is 11.3 Å². The van der Waals surface area contributed by atoms with Gasteiger partial charge in [0.2, 0.25) is 0 Å². The van der Waals surface area contributed by atoms with Crippen LogP contribution in [0.2, 0.25) is 51.4 Å². The zero-order valence-electron chi connectivity index (χ0n) is 37.0. The van der Waals surface area contributed by atoms with Gasteiger partial charge in [-0.25, -0.2) is 4.98 Å². The Labute approximate surface area is 358 Å². The first kappa shape index (κ1) is 47.6. The minimum Gasteiger partial charge on any atom is -0.512 e. The maximum absolute atomic E-state index is 12.6. The van der Waals surface area contributed by atoms with E-state index < -0.39 is 16.1 Å². The average molecular weight is 985 g/mol. The molecule has 4 nitrogen and oxygen atoms in total. The van der Waals surface area contributed by atoms with Gasteiger partial charge in [-0.05, 0) is 41.0 Å². The number of hydrogen-bond acceptors (Lipinski definition) is 5. The molecule has 5 aromatic rings. The number of fused-ring (bicyclic) bond motifs is 2. The van der Waals surface area contributed by atoms with Gasteiger partial charge in [-0.3, -0.25) is 9.78 Å². The van der Waals surface area contributed by atoms with Gasteiger partial charge in [0.25, 0.3) is 0 Å². The number of aliphatic hydroxyl groups excluding tert-OH is 1. The van der Waals surface area contributed by atoms with Gasteiger partial charge in [-0.1, -0.05) is 162 Å². The number of nitrogens with zero attached hydrogens (tertiary/aromatic N) is 2. The summed E-state index contributed by atoms with van der Waals surface area (Å²) in [6.45, 7) is 35.4. The Morgan fingerprint density at radius 3 is 1.93 bits per heavy atom. The van der Waals surface area contributed by atoms with Gasteiger partial charge in [0.05, 0.1) is 5.52 Å². The van der Waals surface area contributed by atoms with Gasteiger partial charge in [0.1, 0.15) is 10.8 Å². The van der Waals surface area contributed by atoms with E-state index in [1.807, 2.05) is 40.0 Å². The van der Waals surface area contributed by atoms with Crippen LogP contribution in [0.3, 0.4) is 0 Å². The molecule has 2 aromatic heterocycles. The van der Waals surface area contributed by atoms with Crippen LogP contribution in [0.5, 0.6) is 0 Å². The maximum atomic E-state index is 12.6. The number of aliphatic hydroxyl groups is 1. The molecule has 0 spiro atoms. The van der Waals surface area contributed by atoms with Crippen molar-refractivity contribution in [1.29, 1.82) is 0 Å². The molecule has 3 aromatic carbocycles. The Balaban J connectivity index is 0.000000333. The van der Waals surface area contributed by atoms with E-state index >= 15 is 0 Å². The number of aromatic nitrogens is 2. The van der Waals surface area contributed by atoms with Gasteiger partial charge in [-0.2, -0.15) is 0 Å². The second kappa shape index (κ2) is 17.6. The number of benzene rings is 3. The summed E-state index contributed by atoms with van der Waals surface area (Å²) in [5.41, 5.74) is 6.42. The third-order valence-electron chi connectivity index (χ3n) is 9.65. The average Bonchev–Trinajstić information content (AvgIpc) is 3.46. The maximum Gasteiger partial charge on any atom is 0.164 e. The van der Waals surface area contributed by atoms with Crippen molar-refractivity contribution in [2.75, 3.05) is 0 Å². The molecule has 5 rings (SSSR count). The summed E-state index contributed by atoms with van der Waals surface area (Å²) in [4.78, 5) is 22.3. The molecule has 0 aliphatic heterocycles. The topological polar surface area (TPSA) is 63.1 Å². The molecular formula is C48H67IrN2O2SSi2-. The quantitative estimate of drug-likeness (QED) is 0.0655. The summed E-state index contributed by atoms with van der Waals surface area (Å²) in [5, 5.41) is 13.9. The SMILES string of the molecule is CC(C)(C)Cc1ccc(-c2nc3ccnc(-c4[c-]c5ccccc5c(C(C)(C)C)c4)c3s2)cc1.CC(C)(C[Si](C)(C)C)C(=O)/C=C(\O)C(C)(C)C[Si](C)(C)C.[Ir]. The Morgan fingerprint density at radius 2 is 1.38 bits per heavy atom. The number of pyridine rings is 1. The van der Waals surface area contributed by atoms with Crippen LogP contribution in [-0.4, -0.2) is 37.0 Å². The first-order chi connectivity index (χ1) is 25.0. The van der Waals surface area contributed by atoms with E-state index in [4.69, 9.17) is 9.97 Å². The van der Waals surface area contributed by atoms with E-state index in [9.17, 15) is 9.90 Å². The summed E-state index contributed by atoms with van der Waals surface area (Å²) in [7, 11) is -2.61. The van der Waals surface area contributed by atoms with Crippen molar-refractivity contribution in [2.24, 2.45) is 16.2 Å². The molecule has 8 heteroatoms. The smallest absolute Gasteiger partial charge is 0.164 e. The van der Waals surface area contributed by atoms with Crippen molar-refractivity contribution in [1.82, 2.24) is 9.97 Å². The Bertz CT molecular complexity index is 2160. The molecule has 0 saturated carbocycles. The van der Waals surface area contributed by atoms with E-state index in [0.29, 0.717) is 0 Å². The third-order valence-corrected chi connectivity index (χ3v) is 14.7. The van der Waals surface area contributed by atoms with E-state index in [-0.39, 0.29) is 53.3 Å². The van der Waals surface area contributed by atoms with Gasteiger partial charge in [0.15, 0.2) is 5.78 Å². The normalized spacial score (nSPS) is 13.3. The molecule has 0 aliphatic rings. The molecule has 0 atom stereocenters. The minimum atomic E-state index is -1.32. The zero-order chi connectivity index (χ0) is 41.4. The van der Waals surface area contributed by atoms with Crippen LogP contribution in [0.15, 0.2) is 78.7 Å². The van der Waals surface area contributed by atoms with E-state index in [1.54, 1.807) is 11.3 Å². The first-order valence-electron chi connectivity index (χ1n) is 19.8. The monoisotopic (exact) mass is 984 g/mol. The van der Waals surface area contributed by atoms with Crippen molar-refractivity contribution < 1.29 is 30.0 Å². The van der Waals surface area contributed by atoms with Crippen molar-refractivity contribution in [3.63, 3.8) is 0 Å². The van der Waals surface area contributed by atoms with Gasteiger partial charge in [-0.15, -0.1) is 40.5 Å². The van der Waals surface area contributed by atoms with Crippen molar-refractivity contribution in [3.05, 3.63) is 95.9 Å². The second-order valence-corrected chi connectivity index (χ2v) is 33.4. The number of thiazole rings is 1. The Hall–Kier alpha value is -2.75. The molecule has 2 heterocycles. The van der Waals surface area contributed by atoms with E-state index in [0.717, 1.165) is 55.9 Å². The second-order valence-electron chi connectivity index (χ2n) is 21.5. The van der Waals surface area contributed by atoms with Crippen LogP contribution < -0.4 is 0 Å². The van der Waals surface area contributed by atoms with Crippen LogP contribution in [0.1, 0.15) is 80.4 Å². The molecule has 0 fully saturated rings. The molecule has 56 heavy (non-hydrogen) atoms. The molecule has 0 saturated heterocycles. The number of carbonyl (C=O) groups excluding carboxylic acids is 1. The van der Waals surface area contributed by atoms with Gasteiger partial charge in [0, 0.05) is 75.3 Å². The summed E-state index contributed by atoms with van der Waals surface area (Å²) in [6, 6.07) is 27.2. The predicted octanol–water partition coefficient (Wildman–Crippen LogP) is 14.6. The molecule has 1 radical (unpaired) electrons. The standard InChI is InChI=1S/C31H31N2S.C17H36O2Si2.Ir/c1-30(2,3)19-20-11-13-21(14-12-20)29-33-26-15-16-32-27(28(26)34-29)23-17-22-9-7-8-10-24(22)25(18-23)31(4,5)6;1-16(2,12-20(5,6)7)14(18)11-15(19)17(3,4)13-21(8,9)10;/h7-16,18H,19H2,1-6H3;11,18H,12-13H2,1-10H3;/q-1;;/b;14-11-;. The fraction of sp³-hybridized carbons (Fsp3) is 0.479. The van der Waals surface area contributed by atoms with Gasteiger partial charge >= 0.3 is 0 Å². The van der Waals surface area contributed by atoms with E-state index in [2.05, 4.69) is 141 Å². The van der Waals surface area contributed by atoms with Crippen LogP contribution in [0.25, 0.3) is 42.8 Å². The number of allylic oxidation sites excluding steroid dienone is 2. The van der Waals surface area contributed by atoms with Crippen molar-refractivity contribution >= 4 is 54.3 Å². The number of hydrogen-bond donors (Lipinski definition) is 1. The fourth-order valence-corrected chi connectivity index (χ4v) is 14.6. The predicted molar refractivity (Wildman–Crippen MR) is 246 cm³/mol. The molecule has 1 N–H and O–H groups in total. The number of rotatable bonds is 10. The molecule has 0 bridgehead atoms. The first-order valence-corrected chi connectivity index (χ1v) is 28.0. The zero-order valence-corrected chi connectivity index (χ0v) is 42.3. The Kier molecular flexibility index (Phi) is 15.0. The molecule has 0 aliphatic carbocycles. The Morgan fingerprint density at radius 1 is 0.804 bits per heavy atom. The van der Waals surface area contributed by atoms with Gasteiger partial charge < -0.3 is 5.11 Å². The largest absolute Gasteiger partial charge is 0.512 e. The van der Waals surface area contributed by atoms with Crippen molar-refractivity contribution in [2.45, 2.75) is 132 Å².